The molecule has 0 aliphatic rings. The lowest BCUT2D eigenvalue weighted by atomic mass is 9.99. The zero-order chi connectivity index (χ0) is 21.5. The molecule has 0 heterocycles. The standard InChI is InChI=1S/C19H27Cl2NO5S/c1-7-26-18(23)12(2)10-14(22-28(24)19(3,4)5)16-15(27-11-25-6)9-8-13(20)17(16)21/h8-9,14,22H,2,7,10-11H2,1,3-6H3/t14-,28?/m1/s1. The Labute approximate surface area is 179 Å². The van der Waals surface area contributed by atoms with Crippen molar-refractivity contribution in [1.82, 2.24) is 4.72 Å². The molecular weight excluding hydrogens is 425 g/mol. The number of methoxy groups -OCH3 is 1. The smallest absolute Gasteiger partial charge is 0.333 e. The second kappa shape index (κ2) is 11.3. The molecule has 0 fully saturated rings. The van der Waals surface area contributed by atoms with E-state index in [2.05, 4.69) is 11.3 Å². The number of halogens is 2. The van der Waals surface area contributed by atoms with Crippen LogP contribution >= 0.6 is 23.2 Å². The lowest BCUT2D eigenvalue weighted by Gasteiger charge is -2.29. The van der Waals surface area contributed by atoms with Gasteiger partial charge >= 0.3 is 5.97 Å². The second-order valence-corrected chi connectivity index (χ2v) is 9.69. The predicted molar refractivity (Wildman–Crippen MR) is 113 cm³/mol. The van der Waals surface area contributed by atoms with Gasteiger partial charge < -0.3 is 18.8 Å². The average molecular weight is 452 g/mol. The summed E-state index contributed by atoms with van der Waals surface area (Å²) < 4.78 is 30.8. The lowest BCUT2D eigenvalue weighted by molar-refractivity contribution is -0.138. The quantitative estimate of drug-likeness (QED) is 0.242. The highest BCUT2D eigenvalue weighted by atomic mass is 35.5. The molecule has 1 N–H and O–H groups in total. The van der Waals surface area contributed by atoms with E-state index < -0.39 is 28.1 Å². The van der Waals surface area contributed by atoms with Crippen molar-refractivity contribution in [2.24, 2.45) is 0 Å². The van der Waals surface area contributed by atoms with Crippen LogP contribution in [0.1, 0.15) is 45.7 Å². The molecule has 2 atom stereocenters. The predicted octanol–water partition coefficient (Wildman–Crippen LogP) is 4.58. The summed E-state index contributed by atoms with van der Waals surface area (Å²) in [5.74, 6) is -0.135. The Morgan fingerprint density at radius 2 is 2.00 bits per heavy atom. The fourth-order valence-corrected chi connectivity index (χ4v) is 3.46. The van der Waals surface area contributed by atoms with Crippen LogP contribution in [0.15, 0.2) is 24.3 Å². The Bertz CT molecular complexity index is 694. The summed E-state index contributed by atoms with van der Waals surface area (Å²) in [6.45, 7) is 11.2. The second-order valence-electron chi connectivity index (χ2n) is 6.90. The molecule has 9 heteroatoms. The maximum absolute atomic E-state index is 12.8. The third-order valence-corrected chi connectivity index (χ3v) is 6.02. The zero-order valence-electron chi connectivity index (χ0n) is 16.8. The van der Waals surface area contributed by atoms with Crippen LogP contribution in [0.5, 0.6) is 5.75 Å². The van der Waals surface area contributed by atoms with Gasteiger partial charge in [-0.05, 0) is 39.8 Å². The maximum atomic E-state index is 12.8. The van der Waals surface area contributed by atoms with Crippen molar-refractivity contribution in [3.05, 3.63) is 39.9 Å². The van der Waals surface area contributed by atoms with Crippen LogP contribution in [0, 0.1) is 0 Å². The summed E-state index contributed by atoms with van der Waals surface area (Å²) in [5.41, 5.74) is 0.674. The molecular formula is C19H27Cl2NO5S. The summed E-state index contributed by atoms with van der Waals surface area (Å²) in [5, 5.41) is 0.534. The number of carbonyl (C=O) groups excluding carboxylic acids is 1. The molecule has 0 saturated heterocycles. The monoisotopic (exact) mass is 451 g/mol. The van der Waals surface area contributed by atoms with E-state index in [4.69, 9.17) is 37.4 Å². The van der Waals surface area contributed by atoms with Crippen LogP contribution in [-0.4, -0.2) is 35.8 Å². The van der Waals surface area contributed by atoms with Crippen molar-refractivity contribution >= 4 is 40.5 Å². The molecule has 1 aromatic rings. The molecule has 0 amide bonds. The fraction of sp³-hybridized carbons (Fsp3) is 0.526. The molecule has 0 radical (unpaired) electrons. The van der Waals surface area contributed by atoms with E-state index >= 15 is 0 Å². The van der Waals surface area contributed by atoms with Crippen molar-refractivity contribution in [3.63, 3.8) is 0 Å². The van der Waals surface area contributed by atoms with E-state index in [-0.39, 0.29) is 30.4 Å². The number of hydrogen-bond acceptors (Lipinski definition) is 6. The molecule has 0 saturated carbocycles. The molecule has 1 rings (SSSR count). The van der Waals surface area contributed by atoms with E-state index in [9.17, 15) is 9.35 Å². The minimum Gasteiger partial charge on any atom is -0.598 e. The summed E-state index contributed by atoms with van der Waals surface area (Å²) in [6, 6.07) is 2.58. The van der Waals surface area contributed by atoms with Crippen molar-refractivity contribution < 1.29 is 23.6 Å². The molecule has 0 spiro atoms. The average Bonchev–Trinajstić information content (AvgIpc) is 2.61. The molecule has 158 valence electrons. The molecule has 0 aliphatic carbocycles. The van der Waals surface area contributed by atoms with E-state index in [0.29, 0.717) is 16.3 Å². The van der Waals surface area contributed by atoms with E-state index in [1.54, 1.807) is 19.1 Å². The topological polar surface area (TPSA) is 79.9 Å². The number of nitrogens with one attached hydrogen (secondary N) is 1. The first-order valence-corrected chi connectivity index (χ1v) is 10.6. The molecule has 1 unspecified atom stereocenters. The number of rotatable bonds is 10. The van der Waals surface area contributed by atoms with Crippen LogP contribution in [-0.2, 0) is 25.6 Å². The van der Waals surface area contributed by atoms with Gasteiger partial charge in [-0.3, -0.25) is 0 Å². The summed E-state index contributed by atoms with van der Waals surface area (Å²) in [4.78, 5) is 12.1. The highest BCUT2D eigenvalue weighted by Crippen LogP contribution is 2.40. The molecule has 1 aromatic carbocycles. The zero-order valence-corrected chi connectivity index (χ0v) is 19.1. The maximum Gasteiger partial charge on any atom is 0.333 e. The van der Waals surface area contributed by atoms with Gasteiger partial charge in [-0.15, -0.1) is 4.72 Å². The first-order valence-electron chi connectivity index (χ1n) is 8.65. The van der Waals surface area contributed by atoms with Gasteiger partial charge in [0.15, 0.2) is 6.79 Å². The van der Waals surface area contributed by atoms with Gasteiger partial charge in [0, 0.05) is 36.0 Å². The normalized spacial score (nSPS) is 13.7. The van der Waals surface area contributed by atoms with E-state index in [0.717, 1.165) is 0 Å². The first-order chi connectivity index (χ1) is 13.0. The molecule has 0 aromatic heterocycles. The summed E-state index contributed by atoms with van der Waals surface area (Å²) >= 11 is 11.2. The number of esters is 1. The number of benzene rings is 1. The minimum absolute atomic E-state index is 0.0150. The molecule has 0 bridgehead atoms. The van der Waals surface area contributed by atoms with Crippen molar-refractivity contribution in [3.8, 4) is 5.75 Å². The van der Waals surface area contributed by atoms with Crippen LogP contribution in [0.2, 0.25) is 10.0 Å². The van der Waals surface area contributed by atoms with Crippen molar-refractivity contribution in [2.75, 3.05) is 20.5 Å². The number of carbonyl (C=O) groups is 1. The lowest BCUT2D eigenvalue weighted by Crippen LogP contribution is -2.41. The fourth-order valence-electron chi connectivity index (χ4n) is 2.19. The van der Waals surface area contributed by atoms with Gasteiger partial charge in [-0.1, -0.05) is 29.8 Å². The Morgan fingerprint density at radius 3 is 2.54 bits per heavy atom. The Balaban J connectivity index is 3.35. The highest BCUT2D eigenvalue weighted by Gasteiger charge is 2.33. The van der Waals surface area contributed by atoms with Gasteiger partial charge in [0.05, 0.1) is 22.7 Å². The van der Waals surface area contributed by atoms with Gasteiger partial charge in [0.2, 0.25) is 0 Å². The van der Waals surface area contributed by atoms with E-state index in [1.807, 2.05) is 20.8 Å². The first kappa shape index (κ1) is 25.1. The summed E-state index contributed by atoms with van der Waals surface area (Å²) in [6.07, 6.45) is 0.101. The van der Waals surface area contributed by atoms with Gasteiger partial charge in [-0.25, -0.2) is 4.79 Å². The Hall–Kier alpha value is -0.960. The van der Waals surface area contributed by atoms with Crippen molar-refractivity contribution in [1.29, 1.82) is 0 Å². The van der Waals surface area contributed by atoms with Crippen LogP contribution in [0.4, 0.5) is 0 Å². The number of hydrogen-bond donors (Lipinski definition) is 1. The van der Waals surface area contributed by atoms with Crippen LogP contribution < -0.4 is 9.46 Å². The largest absolute Gasteiger partial charge is 0.598 e. The van der Waals surface area contributed by atoms with Crippen LogP contribution in [0.25, 0.3) is 0 Å². The number of ether oxygens (including phenoxy) is 3. The third kappa shape index (κ3) is 7.13. The SMILES string of the molecule is C=C(C[C@@H](N[S+]([O-])C(C)(C)C)c1c(OCOC)ccc(Cl)c1Cl)C(=O)OCC. The molecule has 28 heavy (non-hydrogen) atoms. The van der Waals surface area contributed by atoms with Gasteiger partial charge in [0.25, 0.3) is 0 Å². The van der Waals surface area contributed by atoms with Crippen molar-refractivity contribution in [2.45, 2.75) is 44.9 Å². The highest BCUT2D eigenvalue weighted by molar-refractivity contribution is 7.90. The summed E-state index contributed by atoms with van der Waals surface area (Å²) in [7, 11) is 1.49. The Kier molecular flexibility index (Phi) is 10.1. The molecule has 0 aliphatic heterocycles. The third-order valence-electron chi connectivity index (χ3n) is 3.59. The molecule has 6 nitrogen and oxygen atoms in total. The van der Waals surface area contributed by atoms with Crippen LogP contribution in [0.3, 0.4) is 0 Å². The van der Waals surface area contributed by atoms with E-state index in [1.165, 1.54) is 7.11 Å². The van der Waals surface area contributed by atoms with Gasteiger partial charge in [0.1, 0.15) is 10.5 Å². The van der Waals surface area contributed by atoms with Gasteiger partial charge in [-0.2, -0.15) is 0 Å². The minimum atomic E-state index is -1.46. The Morgan fingerprint density at radius 1 is 1.36 bits per heavy atom.